The third-order valence-corrected chi connectivity index (χ3v) is 2.45. The number of anilines is 1. The number of alkyl halides is 2. The van der Waals surface area contributed by atoms with Gasteiger partial charge >= 0.3 is 0 Å². The van der Waals surface area contributed by atoms with Crippen molar-refractivity contribution in [3.8, 4) is 0 Å². The Morgan fingerprint density at radius 2 is 2.29 bits per heavy atom. The molecule has 76 valence electrons. The minimum atomic E-state index is -2.55. The molecule has 2 nitrogen and oxygen atoms in total. The Balaban J connectivity index is 2.22. The van der Waals surface area contributed by atoms with Crippen molar-refractivity contribution in [2.75, 3.05) is 18.0 Å². The van der Waals surface area contributed by atoms with Gasteiger partial charge in [-0.05, 0) is 18.6 Å². The molecule has 0 aliphatic carbocycles. The summed E-state index contributed by atoms with van der Waals surface area (Å²) in [4.78, 5) is 5.77. The van der Waals surface area contributed by atoms with Gasteiger partial charge in [-0.3, -0.25) is 0 Å². The first-order valence-electron chi connectivity index (χ1n) is 4.63. The second-order valence-electron chi connectivity index (χ2n) is 3.67. The Labute approximate surface area is 81.6 Å². The molecule has 1 fully saturated rings. The van der Waals surface area contributed by atoms with Crippen molar-refractivity contribution < 1.29 is 8.78 Å². The smallest absolute Gasteiger partial charge is 0.266 e. The number of hydrogen-bond acceptors (Lipinski definition) is 2. The highest BCUT2D eigenvalue weighted by molar-refractivity contribution is 5.47. The van der Waals surface area contributed by atoms with E-state index in [0.717, 1.165) is 5.56 Å². The third kappa shape index (κ3) is 1.69. The summed E-state index contributed by atoms with van der Waals surface area (Å²) in [7, 11) is 0. The molecule has 0 atom stereocenters. The fourth-order valence-corrected chi connectivity index (χ4v) is 1.73. The lowest BCUT2D eigenvalue weighted by atomic mass is 10.3. The first kappa shape index (κ1) is 9.37. The van der Waals surface area contributed by atoms with Crippen LogP contribution in [0.5, 0.6) is 0 Å². The number of aryl methyl sites for hydroxylation is 1. The van der Waals surface area contributed by atoms with Crippen LogP contribution in [0.4, 0.5) is 14.6 Å². The van der Waals surface area contributed by atoms with Gasteiger partial charge in [0.05, 0.1) is 6.54 Å². The van der Waals surface area contributed by atoms with E-state index in [9.17, 15) is 8.78 Å². The molecule has 0 radical (unpaired) electrons. The number of rotatable bonds is 1. The van der Waals surface area contributed by atoms with Crippen LogP contribution in [0.3, 0.4) is 0 Å². The zero-order valence-corrected chi connectivity index (χ0v) is 8.00. The van der Waals surface area contributed by atoms with Crippen LogP contribution in [0.2, 0.25) is 0 Å². The highest BCUT2D eigenvalue weighted by Gasteiger charge is 2.38. The monoisotopic (exact) mass is 198 g/mol. The molecule has 0 spiro atoms. The van der Waals surface area contributed by atoms with Crippen LogP contribution < -0.4 is 4.90 Å². The van der Waals surface area contributed by atoms with Crippen molar-refractivity contribution in [1.82, 2.24) is 4.98 Å². The van der Waals surface area contributed by atoms with Crippen LogP contribution in [-0.4, -0.2) is 24.0 Å². The molecule has 2 rings (SSSR count). The van der Waals surface area contributed by atoms with Crippen LogP contribution in [0, 0.1) is 6.92 Å². The predicted octanol–water partition coefficient (Wildman–Crippen LogP) is 2.24. The van der Waals surface area contributed by atoms with Gasteiger partial charge in [0.1, 0.15) is 5.82 Å². The second-order valence-corrected chi connectivity index (χ2v) is 3.67. The van der Waals surface area contributed by atoms with E-state index in [2.05, 4.69) is 4.98 Å². The molecule has 0 amide bonds. The zero-order chi connectivity index (χ0) is 10.2. The Morgan fingerprint density at radius 3 is 2.86 bits per heavy atom. The number of halogens is 2. The molecule has 1 aliphatic rings. The van der Waals surface area contributed by atoms with E-state index in [1.807, 2.05) is 19.1 Å². The van der Waals surface area contributed by atoms with Crippen LogP contribution in [0.25, 0.3) is 0 Å². The minimum Gasteiger partial charge on any atom is -0.350 e. The Bertz CT molecular complexity index is 339. The van der Waals surface area contributed by atoms with Crippen LogP contribution in [0.15, 0.2) is 18.3 Å². The van der Waals surface area contributed by atoms with E-state index in [0.29, 0.717) is 12.4 Å². The molecular formula is C10H12F2N2. The summed E-state index contributed by atoms with van der Waals surface area (Å²) in [6.45, 7) is 2.08. The third-order valence-electron chi connectivity index (χ3n) is 2.45. The largest absolute Gasteiger partial charge is 0.350 e. The normalized spacial score (nSPS) is 20.1. The Kier molecular flexibility index (Phi) is 2.13. The van der Waals surface area contributed by atoms with Gasteiger partial charge in [0.25, 0.3) is 5.92 Å². The maximum atomic E-state index is 12.9. The van der Waals surface area contributed by atoms with Crippen LogP contribution in [0.1, 0.15) is 12.0 Å². The topological polar surface area (TPSA) is 16.1 Å². The van der Waals surface area contributed by atoms with E-state index in [1.54, 1.807) is 11.1 Å². The van der Waals surface area contributed by atoms with Gasteiger partial charge in [-0.2, -0.15) is 0 Å². The lowest BCUT2D eigenvalue weighted by Gasteiger charge is -2.18. The van der Waals surface area contributed by atoms with Crippen molar-refractivity contribution >= 4 is 5.82 Å². The predicted molar refractivity (Wildman–Crippen MR) is 50.8 cm³/mol. The SMILES string of the molecule is Cc1cccnc1N1CCC(F)(F)C1. The maximum Gasteiger partial charge on any atom is 0.266 e. The van der Waals surface area contributed by atoms with Gasteiger partial charge in [0.2, 0.25) is 0 Å². The minimum absolute atomic E-state index is 0.0665. The molecule has 2 heterocycles. The van der Waals surface area contributed by atoms with E-state index < -0.39 is 5.92 Å². The fraction of sp³-hybridized carbons (Fsp3) is 0.500. The molecule has 0 bridgehead atoms. The Hall–Kier alpha value is -1.19. The van der Waals surface area contributed by atoms with Crippen molar-refractivity contribution in [1.29, 1.82) is 0 Å². The van der Waals surface area contributed by atoms with Gasteiger partial charge in [-0.15, -0.1) is 0 Å². The standard InChI is InChI=1S/C10H12F2N2/c1-8-3-2-5-13-9(8)14-6-4-10(11,12)7-14/h2-3,5H,4,6-7H2,1H3. The second kappa shape index (κ2) is 3.19. The van der Waals surface area contributed by atoms with E-state index >= 15 is 0 Å². The van der Waals surface area contributed by atoms with Gasteiger partial charge < -0.3 is 4.90 Å². The van der Waals surface area contributed by atoms with Crippen LogP contribution >= 0.6 is 0 Å². The Morgan fingerprint density at radius 1 is 1.50 bits per heavy atom. The van der Waals surface area contributed by atoms with Gasteiger partial charge in [0.15, 0.2) is 0 Å². The fourth-order valence-electron chi connectivity index (χ4n) is 1.73. The molecule has 1 saturated heterocycles. The molecule has 0 aromatic carbocycles. The maximum absolute atomic E-state index is 12.9. The van der Waals surface area contributed by atoms with Crippen LogP contribution in [-0.2, 0) is 0 Å². The summed E-state index contributed by atoms with van der Waals surface area (Å²) >= 11 is 0. The summed E-state index contributed by atoms with van der Waals surface area (Å²) in [5.74, 6) is -1.87. The molecule has 1 aromatic heterocycles. The van der Waals surface area contributed by atoms with E-state index in [-0.39, 0.29) is 13.0 Å². The van der Waals surface area contributed by atoms with Gasteiger partial charge in [-0.1, -0.05) is 6.07 Å². The summed E-state index contributed by atoms with van der Waals surface area (Å²) in [5.41, 5.74) is 0.949. The number of hydrogen-bond donors (Lipinski definition) is 0. The molecule has 0 N–H and O–H groups in total. The van der Waals surface area contributed by atoms with Gasteiger partial charge in [0, 0.05) is 19.2 Å². The summed E-state index contributed by atoms with van der Waals surface area (Å²) < 4.78 is 25.9. The molecule has 1 aliphatic heterocycles. The van der Waals surface area contributed by atoms with Crippen molar-refractivity contribution in [2.45, 2.75) is 19.3 Å². The molecule has 0 saturated carbocycles. The average molecular weight is 198 g/mol. The lowest BCUT2D eigenvalue weighted by Crippen LogP contribution is -2.26. The summed E-state index contributed by atoms with van der Waals surface area (Å²) in [6, 6.07) is 3.70. The highest BCUT2D eigenvalue weighted by Crippen LogP contribution is 2.30. The van der Waals surface area contributed by atoms with E-state index in [4.69, 9.17) is 0 Å². The molecule has 14 heavy (non-hydrogen) atoms. The number of nitrogens with zero attached hydrogens (tertiary/aromatic N) is 2. The summed E-state index contributed by atoms with van der Waals surface area (Å²) in [6.07, 6.45) is 1.57. The number of aromatic nitrogens is 1. The molecule has 4 heteroatoms. The van der Waals surface area contributed by atoms with Crippen molar-refractivity contribution in [2.24, 2.45) is 0 Å². The highest BCUT2D eigenvalue weighted by atomic mass is 19.3. The van der Waals surface area contributed by atoms with Gasteiger partial charge in [-0.25, -0.2) is 13.8 Å². The average Bonchev–Trinajstić information content (AvgIpc) is 2.47. The molecular weight excluding hydrogens is 186 g/mol. The van der Waals surface area contributed by atoms with Crippen molar-refractivity contribution in [3.63, 3.8) is 0 Å². The first-order chi connectivity index (χ1) is 6.58. The van der Waals surface area contributed by atoms with E-state index in [1.165, 1.54) is 0 Å². The first-order valence-corrected chi connectivity index (χ1v) is 4.63. The number of pyridine rings is 1. The van der Waals surface area contributed by atoms with Crippen molar-refractivity contribution in [3.05, 3.63) is 23.9 Å². The zero-order valence-electron chi connectivity index (χ0n) is 8.00. The summed E-state index contributed by atoms with van der Waals surface area (Å²) in [5, 5.41) is 0. The quantitative estimate of drug-likeness (QED) is 0.688. The molecule has 0 unspecified atom stereocenters. The lowest BCUT2D eigenvalue weighted by molar-refractivity contribution is 0.0256. The molecule has 1 aromatic rings.